The van der Waals surface area contributed by atoms with Crippen molar-refractivity contribution in [3.8, 4) is 5.69 Å². The third kappa shape index (κ3) is 1.58. The van der Waals surface area contributed by atoms with Crippen molar-refractivity contribution in [2.45, 2.75) is 0 Å². The van der Waals surface area contributed by atoms with Gasteiger partial charge >= 0.3 is 0 Å². The number of hydrogen-bond acceptors (Lipinski definition) is 0. The maximum atomic E-state index is 5.98. The van der Waals surface area contributed by atoms with Gasteiger partial charge in [0.1, 0.15) is 0 Å². The van der Waals surface area contributed by atoms with Crippen LogP contribution < -0.4 is 0 Å². The minimum Gasteiger partial charge on any atom is -0.321 e. The van der Waals surface area contributed by atoms with Gasteiger partial charge in [-0.3, -0.25) is 0 Å². The Bertz CT molecular complexity index is 387. The first-order valence-corrected chi connectivity index (χ1v) is 4.53. The summed E-state index contributed by atoms with van der Waals surface area (Å²) in [5.41, 5.74) is 0.798. The third-order valence-electron chi connectivity index (χ3n) is 1.74. The molecule has 0 aliphatic rings. The van der Waals surface area contributed by atoms with E-state index >= 15 is 0 Å². The number of hydrogen-bond donors (Lipinski definition) is 0. The molecule has 0 aliphatic carbocycles. The van der Waals surface area contributed by atoms with E-state index in [4.69, 9.17) is 23.2 Å². The summed E-state index contributed by atoms with van der Waals surface area (Å²) in [5.74, 6) is 0. The number of rotatable bonds is 1. The molecule has 0 N–H and O–H groups in total. The van der Waals surface area contributed by atoms with Gasteiger partial charge in [0.15, 0.2) is 0 Å². The predicted molar refractivity (Wildman–Crippen MR) is 54.6 cm³/mol. The lowest BCUT2D eigenvalue weighted by Crippen LogP contribution is -1.91. The van der Waals surface area contributed by atoms with Crippen LogP contribution >= 0.6 is 23.2 Å². The topological polar surface area (TPSA) is 4.93 Å². The fourth-order valence-electron chi connectivity index (χ4n) is 1.17. The SMILES string of the molecule is Clc1c[c]cc(Cl)c1-n1cccc1. The normalized spacial score (nSPS) is 10.3. The van der Waals surface area contributed by atoms with E-state index in [1.165, 1.54) is 0 Å². The summed E-state index contributed by atoms with van der Waals surface area (Å²) in [4.78, 5) is 0. The van der Waals surface area contributed by atoms with Crippen LogP contribution in [-0.4, -0.2) is 4.57 Å². The van der Waals surface area contributed by atoms with Gasteiger partial charge in [0.25, 0.3) is 0 Å². The molecular weight excluding hydrogens is 205 g/mol. The van der Waals surface area contributed by atoms with Crippen molar-refractivity contribution in [3.63, 3.8) is 0 Å². The molecule has 3 heteroatoms. The zero-order chi connectivity index (χ0) is 9.26. The van der Waals surface area contributed by atoms with E-state index in [-0.39, 0.29) is 0 Å². The number of aromatic nitrogens is 1. The molecule has 0 atom stereocenters. The van der Waals surface area contributed by atoms with Gasteiger partial charge in [-0.25, -0.2) is 0 Å². The van der Waals surface area contributed by atoms with E-state index in [9.17, 15) is 0 Å². The smallest absolute Gasteiger partial charge is 0.0826 e. The molecule has 1 aromatic carbocycles. The van der Waals surface area contributed by atoms with Gasteiger partial charge in [0.2, 0.25) is 0 Å². The highest BCUT2D eigenvalue weighted by molar-refractivity contribution is 6.37. The van der Waals surface area contributed by atoms with Gasteiger partial charge < -0.3 is 4.57 Å². The molecule has 1 heterocycles. The largest absolute Gasteiger partial charge is 0.321 e. The van der Waals surface area contributed by atoms with Crippen molar-refractivity contribution in [2.75, 3.05) is 0 Å². The fraction of sp³-hybridized carbons (Fsp3) is 0. The molecule has 0 unspecified atom stereocenters. The predicted octanol–water partition coefficient (Wildman–Crippen LogP) is 3.58. The molecule has 13 heavy (non-hydrogen) atoms. The molecule has 0 saturated carbocycles. The first-order chi connectivity index (χ1) is 6.29. The lowest BCUT2D eigenvalue weighted by Gasteiger charge is -2.06. The van der Waals surface area contributed by atoms with Crippen molar-refractivity contribution in [1.29, 1.82) is 0 Å². The monoisotopic (exact) mass is 210 g/mol. The zero-order valence-corrected chi connectivity index (χ0v) is 8.18. The highest BCUT2D eigenvalue weighted by atomic mass is 35.5. The third-order valence-corrected chi connectivity index (χ3v) is 2.31. The van der Waals surface area contributed by atoms with E-state index in [0.717, 1.165) is 5.69 Å². The molecule has 1 radical (unpaired) electrons. The van der Waals surface area contributed by atoms with E-state index in [1.54, 1.807) is 12.1 Å². The van der Waals surface area contributed by atoms with Crippen LogP contribution in [0.1, 0.15) is 0 Å². The first kappa shape index (κ1) is 8.67. The van der Waals surface area contributed by atoms with Crippen LogP contribution in [0.4, 0.5) is 0 Å². The van der Waals surface area contributed by atoms with Crippen molar-refractivity contribution in [1.82, 2.24) is 4.57 Å². The van der Waals surface area contributed by atoms with Crippen LogP contribution in [0.3, 0.4) is 0 Å². The summed E-state index contributed by atoms with van der Waals surface area (Å²) < 4.78 is 1.87. The Morgan fingerprint density at radius 3 is 2.08 bits per heavy atom. The Labute approximate surface area is 86.5 Å². The molecule has 2 rings (SSSR count). The lowest BCUT2D eigenvalue weighted by molar-refractivity contribution is 1.08. The molecule has 0 bridgehead atoms. The first-order valence-electron chi connectivity index (χ1n) is 3.77. The Hall–Kier alpha value is -0.920. The van der Waals surface area contributed by atoms with Crippen molar-refractivity contribution < 1.29 is 0 Å². The van der Waals surface area contributed by atoms with Crippen LogP contribution in [0.5, 0.6) is 0 Å². The molecule has 0 spiro atoms. The molecule has 1 nitrogen and oxygen atoms in total. The van der Waals surface area contributed by atoms with E-state index in [1.807, 2.05) is 29.1 Å². The number of halogens is 2. The molecule has 65 valence electrons. The second-order valence-corrected chi connectivity index (χ2v) is 3.40. The van der Waals surface area contributed by atoms with Crippen LogP contribution in [0.2, 0.25) is 10.0 Å². The van der Waals surface area contributed by atoms with Crippen LogP contribution in [-0.2, 0) is 0 Å². The van der Waals surface area contributed by atoms with Gasteiger partial charge in [-0.05, 0) is 30.3 Å². The zero-order valence-electron chi connectivity index (χ0n) is 6.67. The van der Waals surface area contributed by atoms with Gasteiger partial charge in [-0.15, -0.1) is 0 Å². The van der Waals surface area contributed by atoms with E-state index in [2.05, 4.69) is 6.07 Å². The fourth-order valence-corrected chi connectivity index (χ4v) is 1.74. The summed E-state index contributed by atoms with van der Waals surface area (Å²) in [5, 5.41) is 1.20. The van der Waals surface area contributed by atoms with Crippen molar-refractivity contribution in [3.05, 3.63) is 52.8 Å². The van der Waals surface area contributed by atoms with Gasteiger partial charge in [-0.1, -0.05) is 23.2 Å². The average molecular weight is 211 g/mol. The molecule has 0 aliphatic heterocycles. The maximum absolute atomic E-state index is 5.98. The number of benzene rings is 1. The summed E-state index contributed by atoms with van der Waals surface area (Å²) in [6.45, 7) is 0. The van der Waals surface area contributed by atoms with Gasteiger partial charge in [0, 0.05) is 12.4 Å². The summed E-state index contributed by atoms with van der Waals surface area (Å²) >= 11 is 12.0. The molecule has 0 saturated heterocycles. The molecule has 0 amide bonds. The number of nitrogens with zero attached hydrogens (tertiary/aromatic N) is 1. The van der Waals surface area contributed by atoms with Gasteiger partial charge in [0.05, 0.1) is 15.7 Å². The standard InChI is InChI=1S/C10H6Cl2N/c11-8-4-3-5-9(12)10(8)13-6-1-2-7-13/h1-2,4-7H. The summed E-state index contributed by atoms with van der Waals surface area (Å²) in [6.07, 6.45) is 3.79. The minimum absolute atomic E-state index is 0.601. The van der Waals surface area contributed by atoms with Crippen molar-refractivity contribution in [2.24, 2.45) is 0 Å². The lowest BCUT2D eigenvalue weighted by atomic mass is 10.3. The van der Waals surface area contributed by atoms with Crippen LogP contribution in [0, 0.1) is 6.07 Å². The van der Waals surface area contributed by atoms with Crippen LogP contribution in [0.15, 0.2) is 36.7 Å². The Kier molecular flexibility index (Phi) is 2.30. The highest BCUT2D eigenvalue weighted by Crippen LogP contribution is 2.27. The van der Waals surface area contributed by atoms with Crippen molar-refractivity contribution >= 4 is 23.2 Å². The maximum Gasteiger partial charge on any atom is 0.0826 e. The quantitative estimate of drug-likeness (QED) is 0.679. The molecule has 0 fully saturated rings. The van der Waals surface area contributed by atoms with E-state index < -0.39 is 0 Å². The average Bonchev–Trinajstić information content (AvgIpc) is 2.57. The summed E-state index contributed by atoms with van der Waals surface area (Å²) in [7, 11) is 0. The van der Waals surface area contributed by atoms with E-state index in [0.29, 0.717) is 10.0 Å². The van der Waals surface area contributed by atoms with Gasteiger partial charge in [-0.2, -0.15) is 0 Å². The molecular formula is C10H6Cl2N. The summed E-state index contributed by atoms with van der Waals surface area (Å²) in [6, 6.07) is 10.1. The highest BCUT2D eigenvalue weighted by Gasteiger charge is 2.05. The second-order valence-electron chi connectivity index (χ2n) is 2.59. The molecule has 2 aromatic rings. The Morgan fingerprint density at radius 1 is 1.00 bits per heavy atom. The Morgan fingerprint density at radius 2 is 1.54 bits per heavy atom. The Balaban J connectivity index is 2.64. The molecule has 1 aromatic heterocycles. The minimum atomic E-state index is 0.601. The second kappa shape index (κ2) is 3.44. The van der Waals surface area contributed by atoms with Crippen LogP contribution in [0.25, 0.3) is 5.69 Å².